The molecule has 6 heteroatoms. The lowest BCUT2D eigenvalue weighted by Gasteiger charge is -2.07. The molecule has 138 valence electrons. The number of nitrogens with zero attached hydrogens (tertiary/aromatic N) is 4. The third-order valence-corrected chi connectivity index (χ3v) is 4.97. The molecule has 28 heavy (non-hydrogen) atoms. The van der Waals surface area contributed by atoms with Crippen LogP contribution in [0.4, 0.5) is 0 Å². The number of fused-ring (bicyclic) bond motifs is 1. The third-order valence-electron chi connectivity index (χ3n) is 4.97. The normalized spacial score (nSPS) is 13.4. The highest BCUT2D eigenvalue weighted by Gasteiger charge is 2.42. The number of imide groups is 1. The Morgan fingerprint density at radius 3 is 1.36 bits per heavy atom. The molecule has 2 heterocycles. The summed E-state index contributed by atoms with van der Waals surface area (Å²) in [6, 6.07) is 22.8. The van der Waals surface area contributed by atoms with E-state index >= 15 is 0 Å². The van der Waals surface area contributed by atoms with E-state index in [0.717, 1.165) is 22.5 Å². The van der Waals surface area contributed by atoms with Gasteiger partial charge >= 0.3 is 0 Å². The van der Waals surface area contributed by atoms with Crippen LogP contribution in [0.25, 0.3) is 11.4 Å². The van der Waals surface area contributed by atoms with E-state index in [1.807, 2.05) is 72.0 Å². The van der Waals surface area contributed by atoms with E-state index in [-0.39, 0.29) is 11.8 Å². The molecule has 6 nitrogen and oxygen atoms in total. The summed E-state index contributed by atoms with van der Waals surface area (Å²) >= 11 is 0. The molecule has 0 fully saturated rings. The lowest BCUT2D eigenvalue weighted by atomic mass is 10.1. The van der Waals surface area contributed by atoms with Gasteiger partial charge in [0, 0.05) is 0 Å². The van der Waals surface area contributed by atoms with Gasteiger partial charge in [-0.1, -0.05) is 52.4 Å². The number of hydrogen-bond donors (Lipinski definition) is 0. The fraction of sp³-hybridized carbons (Fsp3) is 0.0909. The van der Waals surface area contributed by atoms with E-state index in [1.54, 1.807) is 29.2 Å². The number of carbonyl (C=O) groups is 2. The van der Waals surface area contributed by atoms with Gasteiger partial charge in [0.05, 0.1) is 22.5 Å². The lowest BCUT2D eigenvalue weighted by molar-refractivity contribution is 0.0882. The molecular formula is C22H18N4O2. The first-order valence-corrected chi connectivity index (χ1v) is 9.07. The van der Waals surface area contributed by atoms with Crippen molar-refractivity contribution in [3.05, 3.63) is 95.1 Å². The lowest BCUT2D eigenvalue weighted by Crippen LogP contribution is -2.38. The van der Waals surface area contributed by atoms with Gasteiger partial charge in [0.15, 0.2) is 0 Å². The molecule has 0 spiro atoms. The molecule has 0 saturated heterocycles. The first kappa shape index (κ1) is 16.4. The summed E-state index contributed by atoms with van der Waals surface area (Å²) in [5.41, 5.74) is 4.85. The summed E-state index contributed by atoms with van der Waals surface area (Å²) in [7, 11) is 0. The maximum absolute atomic E-state index is 13.0. The van der Waals surface area contributed by atoms with Gasteiger partial charge < -0.3 is 0 Å². The standard InChI is InChI=1S/C22H18N4O2/c1-15-7-11-17(12-8-15)24-25(18-13-9-16(2)10-14-18)26(24)23-21(27)19-5-3-4-6-20(19)22(23)28/h3-14H,1-2H3. The summed E-state index contributed by atoms with van der Waals surface area (Å²) in [5.74, 6) is -0.653. The summed E-state index contributed by atoms with van der Waals surface area (Å²) in [6.07, 6.45) is 0. The molecule has 0 atom stereocenters. The predicted octanol–water partition coefficient (Wildman–Crippen LogP) is 3.62. The zero-order valence-electron chi connectivity index (χ0n) is 15.5. The summed E-state index contributed by atoms with van der Waals surface area (Å²) in [6.45, 7) is 4.04. The summed E-state index contributed by atoms with van der Waals surface area (Å²) in [4.78, 5) is 31.1. The minimum atomic E-state index is -0.327. The van der Waals surface area contributed by atoms with Crippen LogP contribution in [0.1, 0.15) is 31.8 Å². The number of carbonyl (C=O) groups excluding carboxylic acids is 2. The molecule has 0 saturated carbocycles. The number of aryl methyl sites for hydroxylation is 2. The van der Waals surface area contributed by atoms with Crippen LogP contribution in [0.15, 0.2) is 72.8 Å². The fourth-order valence-electron chi connectivity index (χ4n) is 3.41. The van der Waals surface area contributed by atoms with Crippen molar-refractivity contribution in [2.75, 3.05) is 5.01 Å². The zero-order valence-corrected chi connectivity index (χ0v) is 15.5. The molecule has 1 aliphatic heterocycles. The van der Waals surface area contributed by atoms with Gasteiger partial charge in [0.1, 0.15) is 0 Å². The van der Waals surface area contributed by atoms with E-state index in [4.69, 9.17) is 0 Å². The average molecular weight is 370 g/mol. The Hall–Kier alpha value is -3.80. The first-order chi connectivity index (χ1) is 13.6. The van der Waals surface area contributed by atoms with Gasteiger partial charge in [-0.15, -0.1) is 14.6 Å². The van der Waals surface area contributed by atoms with Crippen LogP contribution >= 0.6 is 0 Å². The molecule has 1 aliphatic rings. The largest absolute Gasteiger partial charge is 0.283 e. The van der Waals surface area contributed by atoms with Gasteiger partial charge in [0.25, 0.3) is 11.8 Å². The minimum Gasteiger partial charge on any atom is -0.267 e. The second kappa shape index (κ2) is 5.85. The average Bonchev–Trinajstić information content (AvgIpc) is 3.37. The van der Waals surface area contributed by atoms with Crippen molar-refractivity contribution in [3.63, 3.8) is 0 Å². The molecule has 4 aromatic rings. The summed E-state index contributed by atoms with van der Waals surface area (Å²) in [5, 5.41) is 1.18. The molecule has 3 aromatic carbocycles. The van der Waals surface area contributed by atoms with Crippen LogP contribution < -0.4 is 5.01 Å². The van der Waals surface area contributed by atoms with Crippen LogP contribution in [0.3, 0.4) is 0 Å². The van der Waals surface area contributed by atoms with Crippen molar-refractivity contribution in [2.45, 2.75) is 13.8 Å². The molecule has 0 unspecified atom stereocenters. The van der Waals surface area contributed by atoms with Gasteiger partial charge in [0.2, 0.25) is 0 Å². The molecule has 0 radical (unpaired) electrons. The highest BCUT2D eigenvalue weighted by atomic mass is 16.2. The highest BCUT2D eigenvalue weighted by molar-refractivity contribution is 6.30. The summed E-state index contributed by atoms with van der Waals surface area (Å²) < 4.78 is 0. The van der Waals surface area contributed by atoms with E-state index in [1.165, 1.54) is 5.01 Å². The Labute approximate surface area is 161 Å². The zero-order chi connectivity index (χ0) is 19.4. The number of rotatable bonds is 3. The first-order valence-electron chi connectivity index (χ1n) is 9.07. The molecule has 1 aromatic heterocycles. The van der Waals surface area contributed by atoms with Crippen molar-refractivity contribution in [1.82, 2.24) is 14.5 Å². The second-order valence-corrected chi connectivity index (χ2v) is 6.99. The quantitative estimate of drug-likeness (QED) is 0.517. The Bertz CT molecular complexity index is 1110. The van der Waals surface area contributed by atoms with Crippen LogP contribution in [0.2, 0.25) is 0 Å². The maximum atomic E-state index is 13.0. The highest BCUT2D eigenvalue weighted by Crippen LogP contribution is 2.27. The van der Waals surface area contributed by atoms with Crippen LogP contribution in [-0.4, -0.2) is 26.3 Å². The van der Waals surface area contributed by atoms with Crippen molar-refractivity contribution >= 4 is 11.8 Å². The SMILES string of the molecule is Cc1ccc(-n2n(-c3ccc(C)cc3)n2N2C(=O)c3ccccc3C2=O)cc1. The van der Waals surface area contributed by atoms with Gasteiger partial charge in [-0.3, -0.25) is 9.59 Å². The molecule has 5 rings (SSSR count). The van der Waals surface area contributed by atoms with Gasteiger partial charge in [-0.2, -0.15) is 0 Å². The smallest absolute Gasteiger partial charge is 0.267 e. The number of amides is 2. The molecule has 0 N–H and O–H groups in total. The van der Waals surface area contributed by atoms with Crippen LogP contribution in [0.5, 0.6) is 0 Å². The van der Waals surface area contributed by atoms with Crippen LogP contribution in [0, 0.1) is 13.8 Å². The van der Waals surface area contributed by atoms with Crippen LogP contribution in [-0.2, 0) is 0 Å². The number of benzene rings is 3. The molecular weight excluding hydrogens is 352 g/mol. The Morgan fingerprint density at radius 2 is 0.964 bits per heavy atom. The molecule has 0 bridgehead atoms. The van der Waals surface area contributed by atoms with Gasteiger partial charge in [-0.05, 0) is 50.2 Å². The minimum absolute atomic E-state index is 0.327. The Morgan fingerprint density at radius 1 is 0.571 bits per heavy atom. The molecule has 0 aliphatic carbocycles. The van der Waals surface area contributed by atoms with Crippen molar-refractivity contribution in [2.24, 2.45) is 0 Å². The van der Waals surface area contributed by atoms with Gasteiger partial charge in [-0.25, -0.2) is 0 Å². The van der Waals surface area contributed by atoms with Crippen molar-refractivity contribution < 1.29 is 9.59 Å². The Balaban J connectivity index is 1.66. The third kappa shape index (κ3) is 2.35. The van der Waals surface area contributed by atoms with E-state index in [2.05, 4.69) is 0 Å². The second-order valence-electron chi connectivity index (χ2n) is 6.99. The fourth-order valence-corrected chi connectivity index (χ4v) is 3.41. The monoisotopic (exact) mass is 370 g/mol. The predicted molar refractivity (Wildman–Crippen MR) is 106 cm³/mol. The van der Waals surface area contributed by atoms with E-state index in [9.17, 15) is 9.59 Å². The van der Waals surface area contributed by atoms with E-state index < -0.39 is 0 Å². The van der Waals surface area contributed by atoms with Crippen molar-refractivity contribution in [3.8, 4) is 11.4 Å². The Kier molecular flexibility index (Phi) is 3.42. The molecule has 2 amide bonds. The topological polar surface area (TPSA) is 52.2 Å². The number of aromatic nitrogens is 3. The number of hydrogen-bond acceptors (Lipinski definition) is 2. The van der Waals surface area contributed by atoms with E-state index in [0.29, 0.717) is 11.1 Å². The maximum Gasteiger partial charge on any atom is 0.283 e. The van der Waals surface area contributed by atoms with Crippen molar-refractivity contribution in [1.29, 1.82) is 0 Å².